The highest BCUT2D eigenvalue weighted by molar-refractivity contribution is 5.92. The van der Waals surface area contributed by atoms with E-state index in [0.29, 0.717) is 24.5 Å². The van der Waals surface area contributed by atoms with Gasteiger partial charge < -0.3 is 29.0 Å². The minimum absolute atomic E-state index is 0.0750. The summed E-state index contributed by atoms with van der Waals surface area (Å²) < 4.78 is 28.2. The molecule has 2 aliphatic rings. The highest BCUT2D eigenvalue weighted by Gasteiger charge is 2.41. The number of carbonyl (C=O) groups excluding carboxylic acids is 2. The van der Waals surface area contributed by atoms with Crippen molar-refractivity contribution < 1.29 is 33.3 Å². The van der Waals surface area contributed by atoms with Crippen molar-refractivity contribution in [3.8, 4) is 5.75 Å². The first kappa shape index (κ1) is 24.3. The van der Waals surface area contributed by atoms with Gasteiger partial charge in [-0.15, -0.1) is 0 Å². The summed E-state index contributed by atoms with van der Waals surface area (Å²) in [6.45, 7) is 10.4. The molecule has 2 fully saturated rings. The van der Waals surface area contributed by atoms with Gasteiger partial charge >= 0.3 is 12.1 Å². The van der Waals surface area contributed by atoms with Crippen molar-refractivity contribution in [3.63, 3.8) is 0 Å². The average molecular weight is 450 g/mol. The molecular formula is C24H35NO7. The zero-order valence-corrected chi connectivity index (χ0v) is 19.9. The maximum atomic E-state index is 12.3. The van der Waals surface area contributed by atoms with Crippen molar-refractivity contribution in [1.82, 2.24) is 5.32 Å². The van der Waals surface area contributed by atoms with Crippen LogP contribution in [0.3, 0.4) is 0 Å². The molecule has 1 saturated carbocycles. The highest BCUT2D eigenvalue weighted by Crippen LogP contribution is 2.38. The van der Waals surface area contributed by atoms with Crippen molar-refractivity contribution >= 4 is 12.1 Å². The average Bonchev–Trinajstić information content (AvgIpc) is 3.15. The molecule has 1 N–H and O–H groups in total. The highest BCUT2D eigenvalue weighted by atomic mass is 16.7. The van der Waals surface area contributed by atoms with E-state index in [9.17, 15) is 9.59 Å². The molecule has 0 unspecified atom stereocenters. The molecule has 1 aliphatic carbocycles. The first-order valence-electron chi connectivity index (χ1n) is 11.1. The first-order chi connectivity index (χ1) is 14.9. The van der Waals surface area contributed by atoms with E-state index in [1.165, 1.54) is 7.11 Å². The normalized spacial score (nSPS) is 18.9. The molecule has 1 spiro atoms. The molecule has 0 atom stereocenters. The molecule has 0 aromatic heterocycles. The smallest absolute Gasteiger partial charge is 0.408 e. The maximum absolute atomic E-state index is 12.3. The van der Waals surface area contributed by atoms with E-state index in [1.54, 1.807) is 18.2 Å². The molecule has 1 aromatic rings. The summed E-state index contributed by atoms with van der Waals surface area (Å²) >= 11 is 0. The van der Waals surface area contributed by atoms with Crippen LogP contribution in [0, 0.1) is 0 Å². The number of benzene rings is 1. The van der Waals surface area contributed by atoms with E-state index in [4.69, 9.17) is 23.7 Å². The van der Waals surface area contributed by atoms with Crippen LogP contribution in [0.15, 0.2) is 18.2 Å². The molecule has 178 valence electrons. The van der Waals surface area contributed by atoms with Gasteiger partial charge in [-0.2, -0.15) is 0 Å². The van der Waals surface area contributed by atoms with Crippen LogP contribution in [0.4, 0.5) is 4.79 Å². The Labute approximate surface area is 189 Å². The van der Waals surface area contributed by atoms with Gasteiger partial charge in [0.15, 0.2) is 5.79 Å². The lowest BCUT2D eigenvalue weighted by molar-refractivity contribution is -0.186. The Morgan fingerprint density at radius 1 is 1.06 bits per heavy atom. The third-order valence-electron chi connectivity index (χ3n) is 5.72. The SMILES string of the molecule is COC(=O)c1ccc(C(C)(C)NC(=O)OC(C)(C)C)cc1OC1CCC2(CC1)OCCO2. The lowest BCUT2D eigenvalue weighted by Gasteiger charge is -2.35. The molecule has 1 saturated heterocycles. The number of carbonyl (C=O) groups is 2. The van der Waals surface area contributed by atoms with E-state index < -0.39 is 29.0 Å². The fourth-order valence-electron chi connectivity index (χ4n) is 4.03. The number of alkyl carbamates (subject to hydrolysis) is 1. The molecule has 1 amide bonds. The number of rotatable bonds is 5. The van der Waals surface area contributed by atoms with Crippen LogP contribution in [0.5, 0.6) is 5.75 Å². The second kappa shape index (κ2) is 9.27. The lowest BCUT2D eigenvalue weighted by Crippen LogP contribution is -2.43. The van der Waals surface area contributed by atoms with Gasteiger partial charge in [-0.25, -0.2) is 9.59 Å². The molecule has 0 bridgehead atoms. The van der Waals surface area contributed by atoms with Gasteiger partial charge in [0.1, 0.15) is 16.9 Å². The summed E-state index contributed by atoms with van der Waals surface area (Å²) in [4.78, 5) is 24.7. The van der Waals surface area contributed by atoms with Gasteiger partial charge in [0, 0.05) is 12.8 Å². The third-order valence-corrected chi connectivity index (χ3v) is 5.72. The van der Waals surface area contributed by atoms with E-state index in [-0.39, 0.29) is 6.10 Å². The van der Waals surface area contributed by atoms with Crippen molar-refractivity contribution in [1.29, 1.82) is 0 Å². The number of esters is 1. The van der Waals surface area contributed by atoms with Crippen LogP contribution in [-0.4, -0.2) is 49.9 Å². The number of hydrogen-bond donors (Lipinski definition) is 1. The summed E-state index contributed by atoms with van der Waals surface area (Å²) in [7, 11) is 1.34. The zero-order valence-electron chi connectivity index (χ0n) is 19.9. The van der Waals surface area contributed by atoms with Crippen LogP contribution in [0.2, 0.25) is 0 Å². The van der Waals surface area contributed by atoms with Crippen molar-refractivity contribution in [2.24, 2.45) is 0 Å². The van der Waals surface area contributed by atoms with Crippen LogP contribution in [0.25, 0.3) is 0 Å². The molecule has 8 heteroatoms. The minimum atomic E-state index is -0.753. The predicted octanol–water partition coefficient (Wildman–Crippen LogP) is 4.30. The van der Waals surface area contributed by atoms with Crippen molar-refractivity contribution in [2.75, 3.05) is 20.3 Å². The van der Waals surface area contributed by atoms with Gasteiger partial charge in [0.05, 0.1) is 32.0 Å². The topological polar surface area (TPSA) is 92.3 Å². The first-order valence-corrected chi connectivity index (χ1v) is 11.1. The summed E-state index contributed by atoms with van der Waals surface area (Å²) in [5.41, 5.74) is -0.232. The van der Waals surface area contributed by atoms with E-state index in [0.717, 1.165) is 31.2 Å². The molecule has 1 aromatic carbocycles. The van der Waals surface area contributed by atoms with Gasteiger partial charge in [0.25, 0.3) is 0 Å². The second-order valence-corrected chi connectivity index (χ2v) is 9.88. The Bertz CT molecular complexity index is 827. The Balaban J connectivity index is 1.77. The van der Waals surface area contributed by atoms with Crippen molar-refractivity contribution in [3.05, 3.63) is 29.3 Å². The Morgan fingerprint density at radius 2 is 1.69 bits per heavy atom. The Kier molecular flexibility index (Phi) is 7.05. The molecule has 3 rings (SSSR count). The summed E-state index contributed by atoms with van der Waals surface area (Å²) in [5.74, 6) is -0.520. The van der Waals surface area contributed by atoms with Gasteiger partial charge in [-0.05, 0) is 65.2 Å². The molecular weight excluding hydrogens is 414 g/mol. The molecule has 0 radical (unpaired) electrons. The standard InChI is InChI=1S/C24H35NO7/c1-22(2,3)32-21(27)25-23(4,5)16-7-8-18(20(26)28-6)19(15-16)31-17-9-11-24(12-10-17)29-13-14-30-24/h7-8,15,17H,9-14H2,1-6H3,(H,25,27). The number of ether oxygens (including phenoxy) is 5. The maximum Gasteiger partial charge on any atom is 0.408 e. The second-order valence-electron chi connectivity index (χ2n) is 9.88. The van der Waals surface area contributed by atoms with E-state index in [1.807, 2.05) is 34.6 Å². The van der Waals surface area contributed by atoms with Crippen LogP contribution in [-0.2, 0) is 24.5 Å². The summed E-state index contributed by atoms with van der Waals surface area (Å²) in [6.07, 6.45) is 2.41. The number of methoxy groups -OCH3 is 1. The van der Waals surface area contributed by atoms with Crippen LogP contribution < -0.4 is 10.1 Å². The monoisotopic (exact) mass is 449 g/mol. The summed E-state index contributed by atoms with van der Waals surface area (Å²) in [6, 6.07) is 5.24. The fourth-order valence-corrected chi connectivity index (χ4v) is 4.03. The Hall–Kier alpha value is -2.32. The number of amides is 1. The Morgan fingerprint density at radius 3 is 2.25 bits per heavy atom. The van der Waals surface area contributed by atoms with Crippen LogP contribution >= 0.6 is 0 Å². The van der Waals surface area contributed by atoms with Gasteiger partial charge in [0.2, 0.25) is 0 Å². The van der Waals surface area contributed by atoms with Gasteiger partial charge in [-0.3, -0.25) is 0 Å². The lowest BCUT2D eigenvalue weighted by atomic mass is 9.91. The fraction of sp³-hybridized carbons (Fsp3) is 0.667. The van der Waals surface area contributed by atoms with E-state index in [2.05, 4.69) is 5.32 Å². The molecule has 1 aliphatic heterocycles. The largest absolute Gasteiger partial charge is 0.490 e. The minimum Gasteiger partial charge on any atom is -0.490 e. The van der Waals surface area contributed by atoms with Gasteiger partial charge in [-0.1, -0.05) is 6.07 Å². The molecule has 1 heterocycles. The molecule has 8 nitrogen and oxygen atoms in total. The van der Waals surface area contributed by atoms with Crippen molar-refractivity contribution in [2.45, 2.75) is 83.3 Å². The zero-order chi connectivity index (χ0) is 23.6. The quantitative estimate of drug-likeness (QED) is 0.670. The van der Waals surface area contributed by atoms with E-state index >= 15 is 0 Å². The molecule has 32 heavy (non-hydrogen) atoms. The van der Waals surface area contributed by atoms with Crippen LogP contribution in [0.1, 0.15) is 76.2 Å². The summed E-state index contributed by atoms with van der Waals surface area (Å²) in [5, 5.41) is 2.89. The third kappa shape index (κ3) is 5.92. The number of hydrogen-bond acceptors (Lipinski definition) is 7. The predicted molar refractivity (Wildman–Crippen MR) is 118 cm³/mol. The number of nitrogens with one attached hydrogen (secondary N) is 1.